The van der Waals surface area contributed by atoms with Crippen LogP contribution in [0.25, 0.3) is 0 Å². The first kappa shape index (κ1) is 23.5. The van der Waals surface area contributed by atoms with Gasteiger partial charge in [0, 0.05) is 53.7 Å². The van der Waals surface area contributed by atoms with Gasteiger partial charge in [-0.1, -0.05) is 0 Å². The third-order valence-corrected chi connectivity index (χ3v) is 8.56. The molecule has 0 saturated carbocycles. The Labute approximate surface area is 194 Å². The number of amides is 3. The lowest BCUT2D eigenvalue weighted by Gasteiger charge is -2.45. The molecule has 180 valence electrons. The van der Waals surface area contributed by atoms with E-state index in [1.165, 1.54) is 32.0 Å². The van der Waals surface area contributed by atoms with Gasteiger partial charge in [0.15, 0.2) is 0 Å². The summed E-state index contributed by atoms with van der Waals surface area (Å²) in [7, 11) is -0.778. The molecule has 3 heterocycles. The molecule has 2 saturated heterocycles. The van der Waals surface area contributed by atoms with Crippen molar-refractivity contribution in [3.8, 4) is 0 Å². The van der Waals surface area contributed by atoms with E-state index in [4.69, 9.17) is 0 Å². The highest BCUT2D eigenvalue weighted by Crippen LogP contribution is 2.41. The molecule has 0 spiro atoms. The van der Waals surface area contributed by atoms with Gasteiger partial charge in [-0.05, 0) is 37.5 Å². The first-order valence-corrected chi connectivity index (χ1v) is 12.7. The number of hydrogen-bond donors (Lipinski definition) is 0. The Balaban J connectivity index is 1.65. The fraction of sp³-hybridized carbons (Fsp3) is 0.591. The fourth-order valence-corrected chi connectivity index (χ4v) is 5.70. The molecular formula is C22H31N5O5S. The second-order valence-corrected chi connectivity index (χ2v) is 11.1. The molecule has 0 N–H and O–H groups in total. The summed E-state index contributed by atoms with van der Waals surface area (Å²) in [5, 5.41) is 0. The van der Waals surface area contributed by atoms with Crippen LogP contribution >= 0.6 is 0 Å². The van der Waals surface area contributed by atoms with E-state index >= 15 is 0 Å². The summed E-state index contributed by atoms with van der Waals surface area (Å²) < 4.78 is 26.6. The highest BCUT2D eigenvalue weighted by atomic mass is 32.2. The summed E-state index contributed by atoms with van der Waals surface area (Å²) in [6.45, 7) is 3.84. The molecule has 3 aliphatic heterocycles. The Hall–Kier alpha value is -2.66. The average Bonchev–Trinajstić information content (AvgIpc) is 2.81. The van der Waals surface area contributed by atoms with E-state index < -0.39 is 10.0 Å². The smallest absolute Gasteiger partial charge is 0.250 e. The Kier molecular flexibility index (Phi) is 6.37. The molecule has 0 bridgehead atoms. The third kappa shape index (κ3) is 4.31. The molecule has 11 heteroatoms. The van der Waals surface area contributed by atoms with Gasteiger partial charge in [-0.15, -0.1) is 0 Å². The highest BCUT2D eigenvalue weighted by Gasteiger charge is 2.41. The lowest BCUT2D eigenvalue weighted by Crippen LogP contribution is -2.58. The zero-order chi connectivity index (χ0) is 23.9. The van der Waals surface area contributed by atoms with Crippen molar-refractivity contribution >= 4 is 39.1 Å². The van der Waals surface area contributed by atoms with Crippen LogP contribution in [0.3, 0.4) is 0 Å². The number of benzene rings is 1. The number of carbonyl (C=O) groups is 3. The van der Waals surface area contributed by atoms with Crippen molar-refractivity contribution in [3.63, 3.8) is 0 Å². The molecule has 2 fully saturated rings. The summed E-state index contributed by atoms with van der Waals surface area (Å²) in [5.41, 5.74) is 1.24. The lowest BCUT2D eigenvalue weighted by molar-refractivity contribution is -0.138. The quantitative estimate of drug-likeness (QED) is 0.620. The number of sulfonamides is 1. The number of nitrogens with zero attached hydrogens (tertiary/aromatic N) is 5. The van der Waals surface area contributed by atoms with Crippen molar-refractivity contribution < 1.29 is 22.8 Å². The van der Waals surface area contributed by atoms with Crippen LogP contribution in [0.2, 0.25) is 0 Å². The van der Waals surface area contributed by atoms with Crippen LogP contribution in [0.4, 0.5) is 11.4 Å². The molecule has 0 aromatic heterocycles. The van der Waals surface area contributed by atoms with Crippen LogP contribution in [0, 0.1) is 0 Å². The molecule has 3 aliphatic rings. The van der Waals surface area contributed by atoms with Gasteiger partial charge in [0.2, 0.25) is 27.7 Å². The largest absolute Gasteiger partial charge is 0.358 e. The van der Waals surface area contributed by atoms with Gasteiger partial charge < -0.3 is 14.7 Å². The van der Waals surface area contributed by atoms with Crippen molar-refractivity contribution in [2.24, 2.45) is 0 Å². The summed E-state index contributed by atoms with van der Waals surface area (Å²) >= 11 is 0. The molecule has 10 nitrogen and oxygen atoms in total. The van der Waals surface area contributed by atoms with Gasteiger partial charge >= 0.3 is 0 Å². The molecule has 1 atom stereocenters. The van der Waals surface area contributed by atoms with Crippen molar-refractivity contribution in [1.82, 2.24) is 14.1 Å². The maximum atomic E-state index is 13.5. The molecule has 3 amide bonds. The Morgan fingerprint density at radius 2 is 1.67 bits per heavy atom. The molecule has 1 aromatic carbocycles. The van der Waals surface area contributed by atoms with Crippen molar-refractivity contribution in [3.05, 3.63) is 18.2 Å². The van der Waals surface area contributed by atoms with Gasteiger partial charge in [0.25, 0.3) is 0 Å². The minimum absolute atomic E-state index is 0.0192. The molecule has 0 aliphatic carbocycles. The molecular weight excluding hydrogens is 446 g/mol. The van der Waals surface area contributed by atoms with Crippen molar-refractivity contribution in [2.75, 3.05) is 63.2 Å². The SMILES string of the molecule is CC(=O)N1CCN(C(=O)CN2C(=O)[C@H]3CCCCN3c3ccc(S(=O)(=O)N(C)C)cc32)CC1. The van der Waals surface area contributed by atoms with Crippen molar-refractivity contribution in [2.45, 2.75) is 37.1 Å². The van der Waals surface area contributed by atoms with Gasteiger partial charge in [0.05, 0.1) is 16.3 Å². The average molecular weight is 478 g/mol. The number of piperidine rings is 1. The molecule has 0 radical (unpaired) electrons. The Morgan fingerprint density at radius 1 is 1.00 bits per heavy atom. The lowest BCUT2D eigenvalue weighted by atomic mass is 9.96. The zero-order valence-corrected chi connectivity index (χ0v) is 20.2. The predicted molar refractivity (Wildman–Crippen MR) is 123 cm³/mol. The van der Waals surface area contributed by atoms with Crippen LogP contribution in [0.1, 0.15) is 26.2 Å². The van der Waals surface area contributed by atoms with Gasteiger partial charge in [-0.3, -0.25) is 19.3 Å². The van der Waals surface area contributed by atoms with Gasteiger partial charge in [0.1, 0.15) is 12.6 Å². The van der Waals surface area contributed by atoms with E-state index in [0.717, 1.165) is 29.4 Å². The summed E-state index contributed by atoms with van der Waals surface area (Å²) in [6, 6.07) is 4.48. The molecule has 1 aromatic rings. The van der Waals surface area contributed by atoms with Crippen molar-refractivity contribution in [1.29, 1.82) is 0 Å². The first-order valence-electron chi connectivity index (χ1n) is 11.3. The number of carbonyl (C=O) groups excluding carboxylic acids is 3. The van der Waals surface area contributed by atoms with E-state index in [-0.39, 0.29) is 35.2 Å². The second-order valence-electron chi connectivity index (χ2n) is 8.95. The minimum atomic E-state index is -3.70. The van der Waals surface area contributed by atoms with E-state index in [2.05, 4.69) is 0 Å². The van der Waals surface area contributed by atoms with Crippen LogP contribution in [-0.4, -0.2) is 99.7 Å². The summed E-state index contributed by atoms with van der Waals surface area (Å²) in [5.74, 6) is -0.394. The molecule has 0 unspecified atom stereocenters. The Bertz CT molecular complexity index is 1060. The Morgan fingerprint density at radius 3 is 2.30 bits per heavy atom. The standard InChI is InChI=1S/C22H31N5O5S/c1-16(28)24-10-12-25(13-11-24)21(29)15-27-20-14-17(33(31,32)23(2)3)7-8-18(20)26-9-5-4-6-19(26)22(27)30/h7-8,14,19H,4-6,9-13,15H2,1-3H3/t19-/m1/s1. The number of hydrogen-bond acceptors (Lipinski definition) is 6. The monoisotopic (exact) mass is 477 g/mol. The normalized spacial score (nSPS) is 21.2. The van der Waals surface area contributed by atoms with E-state index in [0.29, 0.717) is 38.3 Å². The van der Waals surface area contributed by atoms with Crippen LogP contribution in [-0.2, 0) is 24.4 Å². The number of fused-ring (bicyclic) bond motifs is 3. The number of anilines is 2. The zero-order valence-electron chi connectivity index (χ0n) is 19.4. The topological polar surface area (TPSA) is 102 Å². The first-order chi connectivity index (χ1) is 15.6. The van der Waals surface area contributed by atoms with Gasteiger partial charge in [-0.2, -0.15) is 0 Å². The fourth-order valence-electron chi connectivity index (χ4n) is 4.78. The summed E-state index contributed by atoms with van der Waals surface area (Å²) in [6.07, 6.45) is 2.60. The summed E-state index contributed by atoms with van der Waals surface area (Å²) in [4.78, 5) is 45.1. The van der Waals surface area contributed by atoms with E-state index in [9.17, 15) is 22.8 Å². The highest BCUT2D eigenvalue weighted by molar-refractivity contribution is 7.89. The minimum Gasteiger partial charge on any atom is -0.358 e. The predicted octanol–water partition coefficient (Wildman–Crippen LogP) is 0.333. The van der Waals surface area contributed by atoms with Crippen LogP contribution < -0.4 is 9.80 Å². The van der Waals surface area contributed by atoms with E-state index in [1.54, 1.807) is 21.9 Å². The molecule has 4 rings (SSSR count). The molecule has 33 heavy (non-hydrogen) atoms. The maximum absolute atomic E-state index is 13.5. The van der Waals surface area contributed by atoms with Gasteiger partial charge in [-0.25, -0.2) is 12.7 Å². The second kappa shape index (κ2) is 8.94. The third-order valence-electron chi connectivity index (χ3n) is 6.75. The number of piperazine rings is 1. The van der Waals surface area contributed by atoms with Crippen LogP contribution in [0.15, 0.2) is 23.1 Å². The van der Waals surface area contributed by atoms with E-state index in [1.807, 2.05) is 4.90 Å². The maximum Gasteiger partial charge on any atom is 0.250 e. The van der Waals surface area contributed by atoms with Crippen LogP contribution in [0.5, 0.6) is 0 Å². The number of rotatable bonds is 4.